The molecule has 0 spiro atoms. The molecule has 0 aliphatic heterocycles. The predicted octanol–water partition coefficient (Wildman–Crippen LogP) is 3.91. The van der Waals surface area contributed by atoms with Gasteiger partial charge in [-0.1, -0.05) is 13.8 Å². The van der Waals surface area contributed by atoms with E-state index in [1.54, 1.807) is 0 Å². The molecular weight excluding hydrogens is 351 g/mol. The maximum Gasteiger partial charge on any atom is 0.324 e. The van der Waals surface area contributed by atoms with Gasteiger partial charge in [-0.25, -0.2) is 0 Å². The fraction of sp³-hybridized carbons (Fsp3) is 0.889. The van der Waals surface area contributed by atoms with E-state index in [1.165, 1.54) is 14.2 Å². The van der Waals surface area contributed by atoms with E-state index in [4.69, 9.17) is 32.7 Å². The van der Waals surface area contributed by atoms with Crippen molar-refractivity contribution in [1.82, 2.24) is 0 Å². The van der Waals surface area contributed by atoms with Crippen LogP contribution < -0.4 is 0 Å². The number of ether oxygens (including phenoxy) is 2. The molecule has 0 heterocycles. The summed E-state index contributed by atoms with van der Waals surface area (Å²) in [6.45, 7) is 4.49. The van der Waals surface area contributed by atoms with Crippen molar-refractivity contribution in [3.05, 3.63) is 0 Å². The summed E-state index contributed by atoms with van der Waals surface area (Å²) in [6, 6.07) is 0. The second kappa shape index (κ2) is 5.51. The molecule has 4 fully saturated rings. The Balaban J connectivity index is 2.06. The molecule has 0 aromatic heterocycles. The molecule has 4 aliphatic rings. The van der Waals surface area contributed by atoms with Crippen LogP contribution in [0.3, 0.4) is 0 Å². The van der Waals surface area contributed by atoms with E-state index in [1.807, 2.05) is 0 Å². The number of halogens is 2. The highest BCUT2D eigenvalue weighted by atomic mass is 35.5. The first-order valence-electron chi connectivity index (χ1n) is 8.47. The van der Waals surface area contributed by atoms with E-state index in [0.717, 1.165) is 32.1 Å². The lowest BCUT2D eigenvalue weighted by atomic mass is 9.35. The summed E-state index contributed by atoms with van der Waals surface area (Å²) in [7, 11) is 2.74. The molecule has 136 valence electrons. The van der Waals surface area contributed by atoms with Crippen molar-refractivity contribution < 1.29 is 19.1 Å². The monoisotopic (exact) mass is 376 g/mol. The van der Waals surface area contributed by atoms with Gasteiger partial charge in [-0.2, -0.15) is 0 Å². The third-order valence-corrected chi connectivity index (χ3v) is 7.85. The van der Waals surface area contributed by atoms with Gasteiger partial charge in [-0.05, 0) is 60.2 Å². The molecule has 6 heteroatoms. The average molecular weight is 377 g/mol. The molecule has 0 N–H and O–H groups in total. The van der Waals surface area contributed by atoms with Crippen molar-refractivity contribution in [2.24, 2.45) is 21.7 Å². The number of hydrogen-bond acceptors (Lipinski definition) is 4. The lowest BCUT2D eigenvalue weighted by Gasteiger charge is -2.70. The Morgan fingerprint density at radius 1 is 0.750 bits per heavy atom. The maximum atomic E-state index is 12.2. The zero-order valence-electron chi connectivity index (χ0n) is 14.8. The van der Waals surface area contributed by atoms with Gasteiger partial charge in [0.2, 0.25) is 0 Å². The standard InChI is InChI=1S/C18H26Cl2O4/c1-15-5-16(2)8-17(6-15,11(19)13(21)23-3)10-18(7-15,9-16)12(20)14(22)24-4/h11-12H,5-10H2,1-4H3/t11-,12-,15?,16?,17?,18?/m1/s1. The zero-order chi connectivity index (χ0) is 18.0. The van der Waals surface area contributed by atoms with Crippen molar-refractivity contribution >= 4 is 35.1 Å². The van der Waals surface area contributed by atoms with Crippen LogP contribution in [0.25, 0.3) is 0 Å². The topological polar surface area (TPSA) is 52.6 Å². The van der Waals surface area contributed by atoms with Gasteiger partial charge in [-0.15, -0.1) is 23.2 Å². The molecule has 0 radical (unpaired) electrons. The van der Waals surface area contributed by atoms with Gasteiger partial charge in [-0.3, -0.25) is 9.59 Å². The minimum Gasteiger partial charge on any atom is -0.468 e. The zero-order valence-corrected chi connectivity index (χ0v) is 16.3. The van der Waals surface area contributed by atoms with Crippen molar-refractivity contribution in [1.29, 1.82) is 0 Å². The summed E-state index contributed by atoms with van der Waals surface area (Å²) in [4.78, 5) is 24.4. The quantitative estimate of drug-likeness (QED) is 0.551. The Bertz CT molecular complexity index is 513. The second-order valence-electron chi connectivity index (χ2n) is 9.18. The van der Waals surface area contributed by atoms with Crippen molar-refractivity contribution in [3.8, 4) is 0 Å². The molecular formula is C18H26Cl2O4. The van der Waals surface area contributed by atoms with Crippen LogP contribution in [0.5, 0.6) is 0 Å². The number of esters is 2. The van der Waals surface area contributed by atoms with Crippen LogP contribution in [0.2, 0.25) is 0 Å². The predicted molar refractivity (Wildman–Crippen MR) is 92.1 cm³/mol. The fourth-order valence-corrected chi connectivity index (χ4v) is 7.77. The first-order valence-corrected chi connectivity index (χ1v) is 9.34. The molecule has 4 saturated carbocycles. The third kappa shape index (κ3) is 2.56. The van der Waals surface area contributed by atoms with Crippen LogP contribution >= 0.6 is 23.2 Å². The van der Waals surface area contributed by atoms with E-state index in [9.17, 15) is 9.59 Å². The number of carbonyl (C=O) groups excluding carboxylic acids is 2. The molecule has 0 aromatic rings. The minimum atomic E-state index is -0.706. The molecule has 0 amide bonds. The summed E-state index contributed by atoms with van der Waals surface area (Å²) in [6.07, 6.45) is 5.28. The lowest BCUT2D eigenvalue weighted by molar-refractivity contribution is -0.199. The number of rotatable bonds is 4. The summed E-state index contributed by atoms with van der Waals surface area (Å²) >= 11 is 13.2. The van der Waals surface area contributed by atoms with Crippen molar-refractivity contribution in [3.63, 3.8) is 0 Å². The molecule has 24 heavy (non-hydrogen) atoms. The third-order valence-electron chi connectivity index (χ3n) is 6.56. The second-order valence-corrected chi connectivity index (χ2v) is 10.1. The van der Waals surface area contributed by atoms with Gasteiger partial charge >= 0.3 is 11.9 Å². The SMILES string of the molecule is COC(=O)[C@@H](Cl)C12CC3(C)CC(C)(C1)CC([C@H](Cl)C(=O)OC)(C3)C2. The summed E-state index contributed by atoms with van der Waals surface area (Å²) < 4.78 is 9.87. The number of hydrogen-bond donors (Lipinski definition) is 0. The van der Waals surface area contributed by atoms with E-state index in [0.29, 0.717) is 6.42 Å². The smallest absolute Gasteiger partial charge is 0.324 e. The van der Waals surface area contributed by atoms with Gasteiger partial charge in [0.05, 0.1) is 14.2 Å². The van der Waals surface area contributed by atoms with Crippen LogP contribution in [-0.4, -0.2) is 36.9 Å². The summed E-state index contributed by atoms with van der Waals surface area (Å²) in [5.41, 5.74) is -0.667. The number of carbonyl (C=O) groups is 2. The average Bonchev–Trinajstić information content (AvgIpc) is 2.48. The van der Waals surface area contributed by atoms with Gasteiger partial charge in [0.15, 0.2) is 0 Å². The molecule has 4 rings (SSSR count). The van der Waals surface area contributed by atoms with Crippen molar-refractivity contribution in [2.75, 3.05) is 14.2 Å². The van der Waals surface area contributed by atoms with E-state index in [-0.39, 0.29) is 33.6 Å². The van der Waals surface area contributed by atoms with Crippen molar-refractivity contribution in [2.45, 2.75) is 63.1 Å². The highest BCUT2D eigenvalue weighted by molar-refractivity contribution is 6.31. The fourth-order valence-electron chi connectivity index (χ4n) is 7.13. The molecule has 0 aromatic carbocycles. The molecule has 2 atom stereocenters. The molecule has 4 aliphatic carbocycles. The minimum absolute atomic E-state index is 0.0336. The van der Waals surface area contributed by atoms with Crippen LogP contribution in [0.15, 0.2) is 0 Å². The summed E-state index contributed by atoms with van der Waals surface area (Å²) in [5, 5.41) is -1.41. The first-order chi connectivity index (χ1) is 11.0. The molecule has 4 bridgehead atoms. The van der Waals surface area contributed by atoms with Gasteiger partial charge in [0.25, 0.3) is 0 Å². The van der Waals surface area contributed by atoms with E-state index >= 15 is 0 Å². The van der Waals surface area contributed by atoms with Crippen LogP contribution in [-0.2, 0) is 19.1 Å². The Hall–Kier alpha value is -0.480. The molecule has 0 saturated heterocycles. The molecule has 0 unspecified atom stereocenters. The lowest BCUT2D eigenvalue weighted by Crippen LogP contribution is -2.65. The highest BCUT2D eigenvalue weighted by Gasteiger charge is 2.70. The van der Waals surface area contributed by atoms with Gasteiger partial charge in [0, 0.05) is 0 Å². The Morgan fingerprint density at radius 2 is 1.08 bits per heavy atom. The normalized spacial score (nSPS) is 45.6. The van der Waals surface area contributed by atoms with E-state index in [2.05, 4.69) is 13.8 Å². The Kier molecular flexibility index (Phi) is 4.20. The van der Waals surface area contributed by atoms with Crippen LogP contribution in [0, 0.1) is 21.7 Å². The Morgan fingerprint density at radius 3 is 1.38 bits per heavy atom. The van der Waals surface area contributed by atoms with Gasteiger partial charge < -0.3 is 9.47 Å². The highest BCUT2D eigenvalue weighted by Crippen LogP contribution is 2.76. The van der Waals surface area contributed by atoms with E-state index < -0.39 is 10.8 Å². The van der Waals surface area contributed by atoms with Gasteiger partial charge in [0.1, 0.15) is 10.8 Å². The molecule has 4 nitrogen and oxygen atoms in total. The summed E-state index contributed by atoms with van der Waals surface area (Å²) in [5.74, 6) is -0.768. The Labute approximate surface area is 153 Å². The maximum absolute atomic E-state index is 12.2. The number of methoxy groups -OCH3 is 2. The van der Waals surface area contributed by atoms with Crippen LogP contribution in [0.1, 0.15) is 52.4 Å². The van der Waals surface area contributed by atoms with Crippen LogP contribution in [0.4, 0.5) is 0 Å². The first kappa shape index (κ1) is 18.3. The largest absolute Gasteiger partial charge is 0.468 e. The number of alkyl halides is 2.